The van der Waals surface area contributed by atoms with Crippen molar-refractivity contribution in [3.8, 4) is 6.07 Å². The molecular weight excluding hydrogens is 210 g/mol. The molecule has 1 aliphatic heterocycles. The Kier molecular flexibility index (Phi) is 4.92. The van der Waals surface area contributed by atoms with Crippen molar-refractivity contribution in [1.82, 2.24) is 10.6 Å². The minimum absolute atomic E-state index is 0.0898. The Morgan fingerprint density at radius 3 is 3.07 bits per heavy atom. The Balaban J connectivity index is 2.10. The summed E-state index contributed by atoms with van der Waals surface area (Å²) >= 11 is 1.97. The van der Waals surface area contributed by atoms with Crippen LogP contribution in [0.15, 0.2) is 0 Å². The number of nitrogens with zero attached hydrogens (tertiary/aromatic N) is 1. The number of nitrogens with one attached hydrogen (secondary N) is 2. The molecule has 1 rings (SSSR count). The van der Waals surface area contributed by atoms with Gasteiger partial charge in [0.25, 0.3) is 0 Å². The molecule has 1 heterocycles. The van der Waals surface area contributed by atoms with Gasteiger partial charge in [0.05, 0.1) is 12.6 Å². The molecule has 2 N–H and O–H groups in total. The summed E-state index contributed by atoms with van der Waals surface area (Å²) in [5.74, 6) is 1.11. The van der Waals surface area contributed by atoms with Gasteiger partial charge in [-0.1, -0.05) is 0 Å². The lowest BCUT2D eigenvalue weighted by Crippen LogP contribution is -2.40. The van der Waals surface area contributed by atoms with Gasteiger partial charge in [-0.2, -0.15) is 17.0 Å². The Morgan fingerprint density at radius 1 is 1.67 bits per heavy atom. The van der Waals surface area contributed by atoms with Crippen LogP contribution in [0, 0.1) is 11.3 Å². The molecule has 15 heavy (non-hydrogen) atoms. The minimum Gasteiger partial charge on any atom is -0.342 e. The van der Waals surface area contributed by atoms with E-state index >= 15 is 0 Å². The van der Waals surface area contributed by atoms with Crippen LogP contribution in [0.4, 0.5) is 0 Å². The molecule has 0 saturated carbocycles. The first-order chi connectivity index (χ1) is 7.16. The van der Waals surface area contributed by atoms with Gasteiger partial charge in [-0.3, -0.25) is 4.79 Å². The summed E-state index contributed by atoms with van der Waals surface area (Å²) in [5, 5.41) is 13.9. The van der Waals surface area contributed by atoms with Crippen molar-refractivity contribution < 1.29 is 4.79 Å². The van der Waals surface area contributed by atoms with E-state index in [1.165, 1.54) is 18.6 Å². The van der Waals surface area contributed by atoms with Crippen LogP contribution in [0.1, 0.15) is 19.8 Å². The fraction of sp³-hybridized carbons (Fsp3) is 0.800. The van der Waals surface area contributed by atoms with E-state index in [-0.39, 0.29) is 17.2 Å². The highest BCUT2D eigenvalue weighted by molar-refractivity contribution is 8.00. The van der Waals surface area contributed by atoms with Crippen LogP contribution < -0.4 is 10.6 Å². The van der Waals surface area contributed by atoms with Crippen LogP contribution in [0.2, 0.25) is 0 Å². The predicted molar refractivity (Wildman–Crippen MR) is 61.6 cm³/mol. The average Bonchev–Trinajstić information content (AvgIpc) is 2.62. The molecule has 0 aliphatic carbocycles. The van der Waals surface area contributed by atoms with Gasteiger partial charge in [0.2, 0.25) is 5.91 Å². The van der Waals surface area contributed by atoms with Crippen LogP contribution in [-0.4, -0.2) is 36.0 Å². The van der Waals surface area contributed by atoms with E-state index in [2.05, 4.69) is 17.6 Å². The number of hydrogen-bond acceptors (Lipinski definition) is 4. The Labute approximate surface area is 94.8 Å². The van der Waals surface area contributed by atoms with E-state index in [0.717, 1.165) is 6.54 Å². The van der Waals surface area contributed by atoms with E-state index in [4.69, 9.17) is 5.26 Å². The fourth-order valence-corrected chi connectivity index (χ4v) is 2.89. The molecule has 84 valence electrons. The van der Waals surface area contributed by atoms with Crippen molar-refractivity contribution in [3.63, 3.8) is 0 Å². The molecule has 0 bridgehead atoms. The lowest BCUT2D eigenvalue weighted by atomic mass is 10.1. The van der Waals surface area contributed by atoms with Gasteiger partial charge in [0, 0.05) is 11.3 Å². The second-order valence-corrected chi connectivity index (χ2v) is 5.62. The molecule has 1 saturated heterocycles. The van der Waals surface area contributed by atoms with Crippen molar-refractivity contribution in [2.75, 3.05) is 25.4 Å². The molecule has 0 aromatic carbocycles. The maximum Gasteiger partial charge on any atom is 0.234 e. The fourth-order valence-electron chi connectivity index (χ4n) is 1.62. The highest BCUT2D eigenvalue weighted by Crippen LogP contribution is 2.36. The number of carbonyl (C=O) groups is 1. The number of hydrogen-bond donors (Lipinski definition) is 2. The number of carbonyl (C=O) groups excluding carboxylic acids is 1. The number of thioether (sulfide) groups is 1. The van der Waals surface area contributed by atoms with Crippen molar-refractivity contribution in [1.29, 1.82) is 5.26 Å². The van der Waals surface area contributed by atoms with Crippen LogP contribution in [0.3, 0.4) is 0 Å². The molecular formula is C10H17N3OS. The third-order valence-corrected chi connectivity index (χ3v) is 3.99. The van der Waals surface area contributed by atoms with Gasteiger partial charge >= 0.3 is 0 Å². The van der Waals surface area contributed by atoms with Gasteiger partial charge in [-0.05, 0) is 25.5 Å². The monoisotopic (exact) mass is 227 g/mol. The maximum atomic E-state index is 11.1. The first-order valence-corrected chi connectivity index (χ1v) is 6.13. The third-order valence-electron chi connectivity index (χ3n) is 2.45. The second-order valence-electron chi connectivity index (χ2n) is 3.94. The molecule has 0 radical (unpaired) electrons. The van der Waals surface area contributed by atoms with Gasteiger partial charge in [-0.15, -0.1) is 0 Å². The topological polar surface area (TPSA) is 64.9 Å². The zero-order valence-corrected chi connectivity index (χ0v) is 9.82. The molecule has 1 amide bonds. The Bertz CT molecular complexity index is 256. The van der Waals surface area contributed by atoms with E-state index in [1.807, 2.05) is 17.8 Å². The maximum absolute atomic E-state index is 11.1. The van der Waals surface area contributed by atoms with Gasteiger partial charge < -0.3 is 10.6 Å². The smallest absolute Gasteiger partial charge is 0.234 e. The third kappa shape index (κ3) is 4.54. The Hall–Kier alpha value is -0.730. The summed E-state index contributed by atoms with van der Waals surface area (Å²) in [7, 11) is 0. The highest BCUT2D eigenvalue weighted by atomic mass is 32.2. The van der Waals surface area contributed by atoms with Crippen molar-refractivity contribution in [3.05, 3.63) is 0 Å². The van der Waals surface area contributed by atoms with Crippen molar-refractivity contribution in [2.45, 2.75) is 24.5 Å². The van der Waals surface area contributed by atoms with E-state index in [9.17, 15) is 4.79 Å². The SMILES string of the molecule is CC1(CNCC(=O)NCC#N)CCCS1. The molecule has 1 aliphatic rings. The molecule has 1 fully saturated rings. The van der Waals surface area contributed by atoms with Crippen LogP contribution in [0.5, 0.6) is 0 Å². The molecule has 0 spiro atoms. The first kappa shape index (κ1) is 12.3. The van der Waals surface area contributed by atoms with Crippen molar-refractivity contribution >= 4 is 17.7 Å². The molecule has 1 atom stereocenters. The summed E-state index contributed by atoms with van der Waals surface area (Å²) in [4.78, 5) is 11.1. The molecule has 0 aromatic heterocycles. The van der Waals surface area contributed by atoms with Gasteiger partial charge in [0.15, 0.2) is 0 Å². The summed E-state index contributed by atoms with van der Waals surface area (Å²) in [6.45, 7) is 3.48. The molecule has 0 aromatic rings. The van der Waals surface area contributed by atoms with E-state index in [1.54, 1.807) is 0 Å². The first-order valence-electron chi connectivity index (χ1n) is 5.15. The van der Waals surface area contributed by atoms with Crippen molar-refractivity contribution in [2.24, 2.45) is 0 Å². The summed E-state index contributed by atoms with van der Waals surface area (Å²) in [5.41, 5.74) is 0. The zero-order valence-electron chi connectivity index (χ0n) is 9.01. The minimum atomic E-state index is -0.108. The molecule has 5 heteroatoms. The standard InChI is InChI=1S/C10H17N3OS/c1-10(3-2-6-15-10)8-12-7-9(14)13-5-4-11/h12H,2-3,5-8H2,1H3,(H,13,14). The lowest BCUT2D eigenvalue weighted by Gasteiger charge is -2.22. The van der Waals surface area contributed by atoms with Crippen LogP contribution >= 0.6 is 11.8 Å². The highest BCUT2D eigenvalue weighted by Gasteiger charge is 2.28. The quantitative estimate of drug-likeness (QED) is 0.671. The van der Waals surface area contributed by atoms with Gasteiger partial charge in [-0.25, -0.2) is 0 Å². The summed E-state index contributed by atoms with van der Waals surface area (Å²) < 4.78 is 0.287. The van der Waals surface area contributed by atoms with Crippen LogP contribution in [-0.2, 0) is 4.79 Å². The summed E-state index contributed by atoms with van der Waals surface area (Å²) in [6.07, 6.45) is 2.48. The number of rotatable bonds is 5. The number of nitriles is 1. The van der Waals surface area contributed by atoms with Gasteiger partial charge in [0.1, 0.15) is 6.54 Å². The summed E-state index contributed by atoms with van der Waals surface area (Å²) in [6, 6.07) is 1.87. The molecule has 4 nitrogen and oxygen atoms in total. The zero-order chi connectivity index (χ0) is 11.1. The predicted octanol–water partition coefficient (Wildman–Crippen LogP) is 0.501. The second kappa shape index (κ2) is 5.99. The lowest BCUT2D eigenvalue weighted by molar-refractivity contribution is -0.120. The average molecular weight is 227 g/mol. The largest absolute Gasteiger partial charge is 0.342 e. The van der Waals surface area contributed by atoms with E-state index in [0.29, 0.717) is 6.54 Å². The normalized spacial score (nSPS) is 24.8. The van der Waals surface area contributed by atoms with E-state index < -0.39 is 0 Å². The Morgan fingerprint density at radius 2 is 2.47 bits per heavy atom. The van der Waals surface area contributed by atoms with Crippen LogP contribution in [0.25, 0.3) is 0 Å². The number of amides is 1. The molecule has 1 unspecified atom stereocenters.